The smallest absolute Gasteiger partial charge is 0.329 e. The van der Waals surface area contributed by atoms with Gasteiger partial charge in [-0.3, -0.25) is 19.2 Å². The number of ether oxygens (including phenoxy) is 4. The van der Waals surface area contributed by atoms with Crippen molar-refractivity contribution in [2.75, 3.05) is 40.2 Å². The van der Waals surface area contributed by atoms with E-state index in [0.29, 0.717) is 16.7 Å². The number of hydrogen-bond acceptors (Lipinski definition) is 14. The van der Waals surface area contributed by atoms with E-state index < -0.39 is 142 Å². The Morgan fingerprint density at radius 1 is 0.387 bits per heavy atom. The predicted octanol–water partition coefficient (Wildman–Crippen LogP) is 4.74. The molecule has 0 spiro atoms. The summed E-state index contributed by atoms with van der Waals surface area (Å²) in [5.41, 5.74) is 1.84. The summed E-state index contributed by atoms with van der Waals surface area (Å²) < 4.78 is 49.4. The van der Waals surface area contributed by atoms with Gasteiger partial charge in [0.25, 0.3) is 23.6 Å². The summed E-state index contributed by atoms with van der Waals surface area (Å²) in [6.07, 6.45) is -6.13. The van der Waals surface area contributed by atoms with E-state index in [1.165, 1.54) is 28.2 Å². The molecule has 4 amide bonds. The number of carbonyl (C=O) groups is 8. The highest BCUT2D eigenvalue weighted by atomic mass is 32.2. The second-order valence-electron chi connectivity index (χ2n) is 20.8. The number of sulfone groups is 1. The third kappa shape index (κ3) is 16.7. The number of carbonyl (C=O) groups excluding carboxylic acids is 8. The first-order chi connectivity index (χ1) is 35.1. The highest BCUT2D eigenvalue weighted by Crippen LogP contribution is 2.25. The zero-order valence-electron chi connectivity index (χ0n) is 45.5. The fourth-order valence-corrected chi connectivity index (χ4v) is 9.21. The number of likely N-dealkylation sites (N-methyl/N-ethyl adjacent to an activating group) is 4. The van der Waals surface area contributed by atoms with Crippen LogP contribution in [0.3, 0.4) is 0 Å². The Morgan fingerprint density at radius 2 is 0.600 bits per heavy atom. The number of nitrogens with zero attached hydrogens (tertiary/aromatic N) is 4. The minimum absolute atomic E-state index is 0.0875. The van der Waals surface area contributed by atoms with E-state index in [-0.39, 0.29) is 19.3 Å². The molecule has 0 aromatic heterocycles. The van der Waals surface area contributed by atoms with Gasteiger partial charge in [-0.25, -0.2) is 27.6 Å². The van der Waals surface area contributed by atoms with Crippen LogP contribution in [-0.4, -0.2) is 164 Å². The second-order valence-corrected chi connectivity index (χ2v) is 23.0. The summed E-state index contributed by atoms with van der Waals surface area (Å²) in [7, 11) is 1.48. The topological polar surface area (TPSA) is 221 Å². The van der Waals surface area contributed by atoms with Crippen LogP contribution in [0.5, 0.6) is 0 Å². The van der Waals surface area contributed by atoms with E-state index in [0.717, 1.165) is 25.9 Å². The van der Waals surface area contributed by atoms with Crippen molar-refractivity contribution < 1.29 is 65.7 Å². The van der Waals surface area contributed by atoms with Gasteiger partial charge < -0.3 is 38.5 Å². The summed E-state index contributed by atoms with van der Waals surface area (Å²) in [6, 6.07) is 20.3. The molecule has 4 rings (SSSR count). The Bertz CT molecular complexity index is 2510. The minimum atomic E-state index is -3.76. The van der Waals surface area contributed by atoms with Crippen LogP contribution in [0, 0.1) is 23.7 Å². The molecule has 1 aliphatic rings. The van der Waals surface area contributed by atoms with Crippen molar-refractivity contribution in [1.82, 2.24) is 19.6 Å². The molecule has 18 nitrogen and oxygen atoms in total. The lowest BCUT2D eigenvalue weighted by atomic mass is 9.99. The molecule has 0 saturated carbocycles. The molecule has 0 radical (unpaired) electrons. The summed E-state index contributed by atoms with van der Waals surface area (Å²) in [4.78, 5) is 122. The number of rotatable bonds is 13. The van der Waals surface area contributed by atoms with Crippen LogP contribution >= 0.6 is 0 Å². The molecule has 3 aromatic carbocycles. The van der Waals surface area contributed by atoms with Gasteiger partial charge in [-0.1, -0.05) is 146 Å². The third-order valence-electron chi connectivity index (χ3n) is 13.3. The molecule has 1 aliphatic heterocycles. The summed E-state index contributed by atoms with van der Waals surface area (Å²) in [6.45, 7) is 12.9. The number of cyclic esters (lactones) is 4. The van der Waals surface area contributed by atoms with E-state index in [2.05, 4.69) is 0 Å². The molecule has 75 heavy (non-hydrogen) atoms. The van der Waals surface area contributed by atoms with Gasteiger partial charge in [0.1, 0.15) is 34.0 Å². The quantitative estimate of drug-likeness (QED) is 0.167. The lowest BCUT2D eigenvalue weighted by Gasteiger charge is -2.37. The first-order valence-electron chi connectivity index (χ1n) is 25.3. The maximum Gasteiger partial charge on any atom is 0.329 e. The van der Waals surface area contributed by atoms with E-state index in [1.54, 1.807) is 146 Å². The normalized spacial score (nSPS) is 24.1. The first-order valence-corrected chi connectivity index (χ1v) is 27.4. The lowest BCUT2D eigenvalue weighted by Crippen LogP contribution is -2.56. The van der Waals surface area contributed by atoms with Crippen LogP contribution in [-0.2, 0) is 86.4 Å². The number of benzene rings is 3. The van der Waals surface area contributed by atoms with Crippen molar-refractivity contribution >= 4 is 57.3 Å². The van der Waals surface area contributed by atoms with E-state index in [1.807, 2.05) is 0 Å². The van der Waals surface area contributed by atoms with Crippen LogP contribution < -0.4 is 0 Å². The monoisotopic (exact) mass is 1060 g/mol. The maximum atomic E-state index is 14.8. The van der Waals surface area contributed by atoms with Crippen molar-refractivity contribution in [2.24, 2.45) is 23.7 Å². The zero-order chi connectivity index (χ0) is 56.1. The molecule has 1 fully saturated rings. The Kier molecular flexibility index (Phi) is 22.1. The van der Waals surface area contributed by atoms with Crippen molar-refractivity contribution in [1.29, 1.82) is 0 Å². The molecule has 19 heteroatoms. The van der Waals surface area contributed by atoms with Crippen molar-refractivity contribution in [3.63, 3.8) is 0 Å². The molecule has 1 heterocycles. The Hall–Kier alpha value is -6.63. The van der Waals surface area contributed by atoms with Crippen molar-refractivity contribution in [2.45, 2.75) is 130 Å². The first kappa shape index (κ1) is 60.9. The van der Waals surface area contributed by atoms with Gasteiger partial charge in [0.2, 0.25) is 0 Å². The van der Waals surface area contributed by atoms with E-state index in [4.69, 9.17) is 18.9 Å². The standard InChI is InChI=1S/C56H76N4O14S/c1-34(2)45-49(61)57(9)41(29-30-75(13,69)70)53(65)71-46(35(3)4)50(62)58(10)43(32-39-25-19-15-20-26-39)55(67)73-48(37(7)8)52(64)60(12)44(33-40-27-21-16-22-28-40)56(68)74-47(36(5)6)51(63)59(11)42(54(66)72-45)31-38-23-17-14-18-24-38/h14-28,34-37,41-48H,29-33H2,1-13H3. The van der Waals surface area contributed by atoms with Crippen LogP contribution in [0.25, 0.3) is 0 Å². The van der Waals surface area contributed by atoms with E-state index >= 15 is 0 Å². The molecule has 0 bridgehead atoms. The van der Waals surface area contributed by atoms with Crippen molar-refractivity contribution in [3.8, 4) is 0 Å². The SMILES string of the molecule is CC(C)C1OC(=O)C(Cc2ccccc2)N(C)C(=O)C(C(C)C)OC(=O)C(Cc2ccccc2)N(C)C(=O)C(C(C)C)OC(=O)C(Cc2ccccc2)N(C)C(=O)C(C(C)C)OC(=O)C(CCS(C)(=O)=O)N(C)C1=O. The summed E-state index contributed by atoms with van der Waals surface area (Å²) >= 11 is 0. The molecular formula is C56H76N4O14S. The van der Waals surface area contributed by atoms with E-state index in [9.17, 15) is 46.8 Å². The Morgan fingerprint density at radius 3 is 0.813 bits per heavy atom. The average Bonchev–Trinajstić information content (AvgIpc) is 3.36. The highest BCUT2D eigenvalue weighted by molar-refractivity contribution is 7.90. The largest absolute Gasteiger partial charge is 0.450 e. The Balaban J connectivity index is 1.97. The molecule has 3 aromatic rings. The molecule has 0 N–H and O–H groups in total. The summed E-state index contributed by atoms with van der Waals surface area (Å²) in [5, 5.41) is 0. The molecule has 410 valence electrons. The molecule has 1 saturated heterocycles. The Labute approximate surface area is 442 Å². The second kappa shape index (κ2) is 27.2. The van der Waals surface area contributed by atoms with Gasteiger partial charge in [-0.2, -0.15) is 0 Å². The van der Waals surface area contributed by atoms with Gasteiger partial charge in [-0.05, 0) is 46.8 Å². The summed E-state index contributed by atoms with van der Waals surface area (Å²) in [5.74, 6) is -11.0. The fourth-order valence-electron chi connectivity index (χ4n) is 8.56. The third-order valence-corrected chi connectivity index (χ3v) is 14.3. The lowest BCUT2D eigenvalue weighted by molar-refractivity contribution is -0.179. The van der Waals surface area contributed by atoms with Gasteiger partial charge in [0.05, 0.1) is 5.75 Å². The number of hydrogen-bond donors (Lipinski definition) is 0. The van der Waals surface area contributed by atoms with Crippen molar-refractivity contribution in [3.05, 3.63) is 108 Å². The van der Waals surface area contributed by atoms with Gasteiger partial charge >= 0.3 is 23.9 Å². The van der Waals surface area contributed by atoms with Gasteiger partial charge in [0.15, 0.2) is 24.4 Å². The molecule has 8 atom stereocenters. The zero-order valence-corrected chi connectivity index (χ0v) is 46.4. The minimum Gasteiger partial charge on any atom is -0.450 e. The predicted molar refractivity (Wildman–Crippen MR) is 280 cm³/mol. The van der Waals surface area contributed by atoms with Crippen LogP contribution in [0.4, 0.5) is 0 Å². The number of esters is 4. The number of amides is 4. The van der Waals surface area contributed by atoms with Gasteiger partial charge in [0, 0.05) is 53.7 Å². The van der Waals surface area contributed by atoms with Crippen LogP contribution in [0.1, 0.15) is 78.5 Å². The molecular weight excluding hydrogens is 985 g/mol. The van der Waals surface area contributed by atoms with Crippen LogP contribution in [0.15, 0.2) is 91.0 Å². The average molecular weight is 1060 g/mol. The highest BCUT2D eigenvalue weighted by Gasteiger charge is 2.45. The fraction of sp³-hybridized carbons (Fsp3) is 0.536. The van der Waals surface area contributed by atoms with Gasteiger partial charge in [-0.15, -0.1) is 0 Å². The maximum absolute atomic E-state index is 14.8. The molecule has 0 aliphatic carbocycles. The van der Waals surface area contributed by atoms with Crippen LogP contribution in [0.2, 0.25) is 0 Å². The molecule has 8 unspecified atom stereocenters.